The van der Waals surface area contributed by atoms with Crippen molar-refractivity contribution >= 4 is 17.2 Å². The maximum atomic E-state index is 12.1. The summed E-state index contributed by atoms with van der Waals surface area (Å²) in [7, 11) is 0. The average Bonchev–Trinajstić information content (AvgIpc) is 2.15. The van der Waals surface area contributed by atoms with Crippen LogP contribution < -0.4 is 11.3 Å². The Balaban J connectivity index is 2.95. The van der Waals surface area contributed by atoms with Gasteiger partial charge in [-0.15, -0.1) is 0 Å². The van der Waals surface area contributed by atoms with E-state index in [4.69, 9.17) is 18.1 Å². The number of hydrazine groups is 1. The summed E-state index contributed by atoms with van der Waals surface area (Å²) in [6, 6.07) is 4.45. The van der Waals surface area contributed by atoms with E-state index in [1.54, 1.807) is 0 Å². The third-order valence-electron chi connectivity index (χ3n) is 1.61. The van der Waals surface area contributed by atoms with Gasteiger partial charge in [0.1, 0.15) is 4.99 Å². The predicted molar refractivity (Wildman–Crippen MR) is 50.5 cm³/mol. The highest BCUT2D eigenvalue weighted by Crippen LogP contribution is 2.28. The quantitative estimate of drug-likeness (QED) is 0.431. The first-order chi connectivity index (χ1) is 6.45. The number of nitrogens with two attached hydrogens (primary N) is 1. The van der Waals surface area contributed by atoms with Crippen LogP contribution in [0.2, 0.25) is 0 Å². The standard InChI is InChI=1S/C8H7F3N2S/c9-8(10,11)6-3-1-5(2-4-6)7(14)13-12/h1-4H,12H2,(H,13,14). The summed E-state index contributed by atoms with van der Waals surface area (Å²) < 4.78 is 36.4. The number of nitrogens with one attached hydrogen (secondary N) is 1. The van der Waals surface area contributed by atoms with Crippen LogP contribution in [0, 0.1) is 0 Å². The molecule has 0 aliphatic carbocycles. The zero-order valence-corrected chi connectivity index (χ0v) is 7.75. The second-order valence-electron chi connectivity index (χ2n) is 2.55. The topological polar surface area (TPSA) is 38.0 Å². The van der Waals surface area contributed by atoms with E-state index in [-0.39, 0.29) is 4.99 Å². The molecule has 0 aliphatic rings. The molecule has 0 saturated heterocycles. The molecule has 76 valence electrons. The van der Waals surface area contributed by atoms with E-state index in [2.05, 4.69) is 5.43 Å². The summed E-state index contributed by atoms with van der Waals surface area (Å²) in [5, 5.41) is 0. The number of alkyl halides is 3. The molecule has 0 radical (unpaired) electrons. The van der Waals surface area contributed by atoms with E-state index in [0.29, 0.717) is 5.56 Å². The Morgan fingerprint density at radius 1 is 1.21 bits per heavy atom. The van der Waals surface area contributed by atoms with Crippen molar-refractivity contribution < 1.29 is 13.2 Å². The minimum Gasteiger partial charge on any atom is -0.314 e. The molecule has 14 heavy (non-hydrogen) atoms. The van der Waals surface area contributed by atoms with Crippen LogP contribution in [-0.2, 0) is 6.18 Å². The molecule has 0 amide bonds. The fraction of sp³-hybridized carbons (Fsp3) is 0.125. The van der Waals surface area contributed by atoms with Gasteiger partial charge in [-0.2, -0.15) is 13.2 Å². The first kappa shape index (κ1) is 10.9. The lowest BCUT2D eigenvalue weighted by molar-refractivity contribution is -0.137. The van der Waals surface area contributed by atoms with E-state index in [1.807, 2.05) is 0 Å². The zero-order valence-electron chi connectivity index (χ0n) is 6.93. The summed E-state index contributed by atoms with van der Waals surface area (Å²) >= 11 is 4.74. The van der Waals surface area contributed by atoms with E-state index >= 15 is 0 Å². The fourth-order valence-corrected chi connectivity index (χ4v) is 1.03. The predicted octanol–water partition coefficient (Wildman–Crippen LogP) is 1.84. The van der Waals surface area contributed by atoms with Gasteiger partial charge in [0.25, 0.3) is 0 Å². The molecule has 0 aromatic heterocycles. The van der Waals surface area contributed by atoms with Gasteiger partial charge >= 0.3 is 6.18 Å². The molecule has 0 spiro atoms. The Labute approximate surface area is 83.9 Å². The van der Waals surface area contributed by atoms with Crippen LogP contribution in [0.25, 0.3) is 0 Å². The van der Waals surface area contributed by atoms with Crippen molar-refractivity contribution in [2.45, 2.75) is 6.18 Å². The Bertz CT molecular complexity index is 331. The second kappa shape index (κ2) is 3.93. The van der Waals surface area contributed by atoms with E-state index in [1.165, 1.54) is 12.1 Å². The van der Waals surface area contributed by atoms with Crippen LogP contribution in [0.15, 0.2) is 24.3 Å². The molecule has 0 bridgehead atoms. The van der Waals surface area contributed by atoms with E-state index in [0.717, 1.165) is 12.1 Å². The summed E-state index contributed by atoms with van der Waals surface area (Å²) in [6.07, 6.45) is -4.32. The normalized spacial score (nSPS) is 11.1. The van der Waals surface area contributed by atoms with Crippen molar-refractivity contribution in [3.8, 4) is 0 Å². The fourth-order valence-electron chi connectivity index (χ4n) is 0.894. The van der Waals surface area contributed by atoms with Crippen LogP contribution in [0.3, 0.4) is 0 Å². The lowest BCUT2D eigenvalue weighted by Crippen LogP contribution is -2.29. The molecule has 0 saturated carbocycles. The molecule has 1 aromatic carbocycles. The molecule has 0 fully saturated rings. The van der Waals surface area contributed by atoms with Crippen molar-refractivity contribution in [3.05, 3.63) is 35.4 Å². The highest BCUT2D eigenvalue weighted by Gasteiger charge is 2.29. The third-order valence-corrected chi connectivity index (χ3v) is 1.96. The molecule has 0 heterocycles. The molecule has 6 heteroatoms. The van der Waals surface area contributed by atoms with Gasteiger partial charge in [-0.25, -0.2) is 5.84 Å². The van der Waals surface area contributed by atoms with Gasteiger partial charge in [0.05, 0.1) is 5.56 Å². The second-order valence-corrected chi connectivity index (χ2v) is 2.96. The lowest BCUT2D eigenvalue weighted by atomic mass is 10.1. The molecule has 0 unspecified atom stereocenters. The molecule has 3 N–H and O–H groups in total. The minimum atomic E-state index is -4.32. The van der Waals surface area contributed by atoms with Gasteiger partial charge in [0.15, 0.2) is 0 Å². The first-order valence-corrected chi connectivity index (χ1v) is 4.04. The molecular weight excluding hydrogens is 213 g/mol. The maximum absolute atomic E-state index is 12.1. The average molecular weight is 220 g/mol. The number of hydrogen-bond donors (Lipinski definition) is 2. The summed E-state index contributed by atoms with van der Waals surface area (Å²) in [5.41, 5.74) is 1.94. The third kappa shape index (κ3) is 2.43. The van der Waals surface area contributed by atoms with E-state index < -0.39 is 11.7 Å². The molecule has 1 rings (SSSR count). The number of halogens is 3. The highest BCUT2D eigenvalue weighted by molar-refractivity contribution is 7.80. The Morgan fingerprint density at radius 2 is 1.71 bits per heavy atom. The molecular formula is C8H7F3N2S. The smallest absolute Gasteiger partial charge is 0.314 e. The van der Waals surface area contributed by atoms with Crippen molar-refractivity contribution in [1.82, 2.24) is 5.43 Å². The van der Waals surface area contributed by atoms with Crippen LogP contribution in [0.4, 0.5) is 13.2 Å². The van der Waals surface area contributed by atoms with Crippen LogP contribution in [0.5, 0.6) is 0 Å². The SMILES string of the molecule is NNC(=S)c1ccc(C(F)(F)F)cc1. The highest BCUT2D eigenvalue weighted by atomic mass is 32.1. The molecule has 1 aromatic rings. The van der Waals surface area contributed by atoms with Crippen molar-refractivity contribution in [3.63, 3.8) is 0 Å². The molecule has 2 nitrogen and oxygen atoms in total. The number of hydrogen-bond acceptors (Lipinski definition) is 2. The van der Waals surface area contributed by atoms with Gasteiger partial charge in [-0.05, 0) is 12.1 Å². The van der Waals surface area contributed by atoms with Crippen LogP contribution in [-0.4, -0.2) is 4.99 Å². The Morgan fingerprint density at radius 3 is 2.07 bits per heavy atom. The Kier molecular flexibility index (Phi) is 3.07. The van der Waals surface area contributed by atoms with Crippen molar-refractivity contribution in [2.24, 2.45) is 5.84 Å². The van der Waals surface area contributed by atoms with Crippen molar-refractivity contribution in [1.29, 1.82) is 0 Å². The number of thiocarbonyl (C=S) groups is 1. The van der Waals surface area contributed by atoms with Gasteiger partial charge in [-0.1, -0.05) is 24.4 Å². The monoisotopic (exact) mass is 220 g/mol. The van der Waals surface area contributed by atoms with Crippen LogP contribution in [0.1, 0.15) is 11.1 Å². The number of benzene rings is 1. The summed E-state index contributed by atoms with van der Waals surface area (Å²) in [4.78, 5) is 0.207. The number of rotatable bonds is 1. The molecule has 0 aliphatic heterocycles. The summed E-state index contributed by atoms with van der Waals surface area (Å²) in [5.74, 6) is 5.01. The Hall–Kier alpha value is -1.14. The van der Waals surface area contributed by atoms with Gasteiger partial charge in [0, 0.05) is 5.56 Å². The van der Waals surface area contributed by atoms with Gasteiger partial charge in [-0.3, -0.25) is 0 Å². The zero-order chi connectivity index (χ0) is 10.8. The largest absolute Gasteiger partial charge is 0.416 e. The maximum Gasteiger partial charge on any atom is 0.416 e. The van der Waals surface area contributed by atoms with E-state index in [9.17, 15) is 13.2 Å². The minimum absolute atomic E-state index is 0.207. The first-order valence-electron chi connectivity index (χ1n) is 3.63. The van der Waals surface area contributed by atoms with Gasteiger partial charge < -0.3 is 5.43 Å². The van der Waals surface area contributed by atoms with Gasteiger partial charge in [0.2, 0.25) is 0 Å². The molecule has 0 atom stereocenters. The lowest BCUT2D eigenvalue weighted by Gasteiger charge is -2.07. The van der Waals surface area contributed by atoms with Crippen LogP contribution >= 0.6 is 12.2 Å². The van der Waals surface area contributed by atoms with Crippen molar-refractivity contribution in [2.75, 3.05) is 0 Å². The summed E-state index contributed by atoms with van der Waals surface area (Å²) in [6.45, 7) is 0.